The first kappa shape index (κ1) is 21.3. The lowest BCUT2D eigenvalue weighted by atomic mass is 10.2. The highest BCUT2D eigenvalue weighted by Crippen LogP contribution is 2.21. The fraction of sp³-hybridized carbons (Fsp3) is 0.389. The zero-order valence-corrected chi connectivity index (χ0v) is 17.6. The number of nitrogens with two attached hydrogens (primary N) is 1. The number of aromatic nitrogens is 2. The largest absolute Gasteiger partial charge is 0.384 e. The van der Waals surface area contributed by atoms with Crippen molar-refractivity contribution in [3.63, 3.8) is 0 Å². The van der Waals surface area contributed by atoms with Gasteiger partial charge in [-0.3, -0.25) is 19.8 Å². The van der Waals surface area contributed by atoms with Crippen LogP contribution < -0.4 is 17.0 Å². The number of hydrogen-bond acceptors (Lipinski definition) is 6. The number of rotatable bonds is 7. The van der Waals surface area contributed by atoms with E-state index in [9.17, 15) is 18.0 Å². The molecule has 0 atom stereocenters. The summed E-state index contributed by atoms with van der Waals surface area (Å²) in [6.07, 6.45) is 1.07. The fourth-order valence-corrected chi connectivity index (χ4v) is 5.42. The Kier molecular flexibility index (Phi) is 6.30. The van der Waals surface area contributed by atoms with E-state index in [0.717, 1.165) is 11.4 Å². The summed E-state index contributed by atoms with van der Waals surface area (Å²) in [5, 5.41) is 7.38. The van der Waals surface area contributed by atoms with Crippen LogP contribution in [-0.4, -0.2) is 47.5 Å². The monoisotopic (exact) mass is 437 g/mol. The van der Waals surface area contributed by atoms with Crippen LogP contribution in [0.25, 0.3) is 0 Å². The van der Waals surface area contributed by atoms with Crippen LogP contribution in [-0.2, 0) is 28.7 Å². The van der Waals surface area contributed by atoms with E-state index in [1.807, 2.05) is 0 Å². The molecule has 2 heterocycles. The zero-order chi connectivity index (χ0) is 21.2. The molecule has 0 bridgehead atoms. The van der Waals surface area contributed by atoms with Gasteiger partial charge in [0, 0.05) is 42.7 Å². The smallest absolute Gasteiger partial charge is 0.328 e. The van der Waals surface area contributed by atoms with Gasteiger partial charge in [-0.15, -0.1) is 0 Å². The Bertz CT molecular complexity index is 1140. The van der Waals surface area contributed by atoms with E-state index in [1.54, 1.807) is 16.3 Å². The van der Waals surface area contributed by atoms with E-state index in [4.69, 9.17) is 11.1 Å². The molecular weight excluding hydrogens is 414 g/mol. The van der Waals surface area contributed by atoms with Crippen molar-refractivity contribution in [2.45, 2.75) is 30.0 Å². The number of amidine groups is 1. The van der Waals surface area contributed by atoms with Crippen LogP contribution in [0, 0.1) is 5.41 Å². The summed E-state index contributed by atoms with van der Waals surface area (Å²) in [5.74, 6) is 1.30. The predicted octanol–water partition coefficient (Wildman–Crippen LogP) is 0.321. The average Bonchev–Trinajstić information content (AvgIpc) is 2.70. The number of thioether (sulfide) groups is 1. The molecule has 0 unspecified atom stereocenters. The van der Waals surface area contributed by atoms with Gasteiger partial charge in [-0.25, -0.2) is 17.5 Å². The van der Waals surface area contributed by atoms with Gasteiger partial charge in [0.25, 0.3) is 5.56 Å². The average molecular weight is 438 g/mol. The number of hydrogen-bond donors (Lipinski definition) is 3. The molecule has 1 aromatic carbocycles. The number of nitrogens with one attached hydrogen (secondary N) is 2. The molecule has 0 saturated heterocycles. The number of nitrogen functional groups attached to an aromatic ring is 1. The molecular formula is C18H23N5O4S2. The Morgan fingerprint density at radius 2 is 2.00 bits per heavy atom. The van der Waals surface area contributed by atoms with Crippen molar-refractivity contribution in [2.24, 2.45) is 5.73 Å². The molecule has 1 aliphatic rings. The molecule has 9 nitrogen and oxygen atoms in total. The molecule has 4 N–H and O–H groups in total. The van der Waals surface area contributed by atoms with Gasteiger partial charge in [-0.2, -0.15) is 11.8 Å². The van der Waals surface area contributed by atoms with Crippen molar-refractivity contribution in [3.05, 3.63) is 61.9 Å². The van der Waals surface area contributed by atoms with E-state index in [2.05, 4.69) is 4.98 Å². The van der Waals surface area contributed by atoms with Crippen LogP contribution in [0.4, 0.5) is 0 Å². The summed E-state index contributed by atoms with van der Waals surface area (Å²) in [5.41, 5.74) is 6.45. The second kappa shape index (κ2) is 8.56. The lowest BCUT2D eigenvalue weighted by Gasteiger charge is -2.21. The minimum Gasteiger partial charge on any atom is -0.384 e. The quantitative estimate of drug-likeness (QED) is 0.421. The van der Waals surface area contributed by atoms with Crippen LogP contribution in [0.5, 0.6) is 0 Å². The molecule has 0 aliphatic carbocycles. The normalized spacial score (nSPS) is 14.0. The molecule has 11 heteroatoms. The summed E-state index contributed by atoms with van der Waals surface area (Å²) >= 11 is 1.65. The van der Waals surface area contributed by atoms with E-state index < -0.39 is 15.7 Å². The Balaban J connectivity index is 1.71. The molecule has 1 aromatic heterocycles. The highest BCUT2D eigenvalue weighted by atomic mass is 32.2. The number of H-pyrrole nitrogens is 1. The van der Waals surface area contributed by atoms with E-state index in [-0.39, 0.29) is 22.8 Å². The summed E-state index contributed by atoms with van der Waals surface area (Å²) in [7, 11) is -2.21. The maximum absolute atomic E-state index is 12.7. The van der Waals surface area contributed by atoms with Crippen LogP contribution >= 0.6 is 11.8 Å². The molecule has 1 aliphatic heterocycles. The predicted molar refractivity (Wildman–Crippen MR) is 113 cm³/mol. The SMILES string of the molecule is CN(CCCn1c2c(c(=O)[nH]c1=O)CSCC2)S(=O)(=O)c1ccc(C(=N)N)cc1. The number of sulfonamides is 1. The lowest BCUT2D eigenvalue weighted by Crippen LogP contribution is -2.37. The van der Waals surface area contributed by atoms with Crippen molar-refractivity contribution < 1.29 is 8.42 Å². The first-order valence-corrected chi connectivity index (χ1v) is 11.6. The maximum Gasteiger partial charge on any atom is 0.328 e. The number of aromatic amines is 1. The molecule has 0 fully saturated rings. The minimum absolute atomic E-state index is 0.112. The number of fused-ring (bicyclic) bond motifs is 1. The lowest BCUT2D eigenvalue weighted by molar-refractivity contribution is 0.439. The van der Waals surface area contributed by atoms with Gasteiger partial charge in [0.1, 0.15) is 5.84 Å². The molecule has 156 valence electrons. The third-order valence-electron chi connectivity index (χ3n) is 4.87. The first-order valence-electron chi connectivity index (χ1n) is 9.05. The van der Waals surface area contributed by atoms with Gasteiger partial charge in [0.05, 0.1) is 4.90 Å². The topological polar surface area (TPSA) is 142 Å². The summed E-state index contributed by atoms with van der Waals surface area (Å²) in [6, 6.07) is 5.83. The summed E-state index contributed by atoms with van der Waals surface area (Å²) < 4.78 is 28.2. The van der Waals surface area contributed by atoms with Gasteiger partial charge < -0.3 is 5.73 Å². The van der Waals surface area contributed by atoms with E-state index >= 15 is 0 Å². The fourth-order valence-electron chi connectivity index (χ4n) is 3.23. The van der Waals surface area contributed by atoms with Gasteiger partial charge in [-0.05, 0) is 42.9 Å². The molecule has 2 aromatic rings. The molecule has 0 spiro atoms. The van der Waals surface area contributed by atoms with Crippen molar-refractivity contribution >= 4 is 27.6 Å². The molecule has 0 radical (unpaired) electrons. The summed E-state index contributed by atoms with van der Waals surface area (Å²) in [4.78, 5) is 26.7. The molecule has 0 amide bonds. The van der Waals surface area contributed by atoms with Crippen molar-refractivity contribution in [1.29, 1.82) is 5.41 Å². The number of benzene rings is 1. The molecule has 0 saturated carbocycles. The van der Waals surface area contributed by atoms with Crippen LogP contribution in [0.2, 0.25) is 0 Å². The van der Waals surface area contributed by atoms with Crippen molar-refractivity contribution in [2.75, 3.05) is 19.3 Å². The second-order valence-electron chi connectivity index (χ2n) is 6.76. The first-order chi connectivity index (χ1) is 13.7. The zero-order valence-electron chi connectivity index (χ0n) is 16.0. The maximum atomic E-state index is 12.7. The van der Waals surface area contributed by atoms with E-state index in [1.165, 1.54) is 35.6 Å². The second-order valence-corrected chi connectivity index (χ2v) is 9.91. The van der Waals surface area contributed by atoms with Gasteiger partial charge in [-0.1, -0.05) is 0 Å². The number of nitrogens with zero attached hydrogens (tertiary/aromatic N) is 2. The Morgan fingerprint density at radius 3 is 2.66 bits per heavy atom. The van der Waals surface area contributed by atoms with Gasteiger partial charge in [0.15, 0.2) is 0 Å². The molecule has 3 rings (SSSR count). The van der Waals surface area contributed by atoms with Gasteiger partial charge in [0.2, 0.25) is 10.0 Å². The standard InChI is InChI=1S/C18H23N5O4S2/c1-22(29(26,27)13-5-3-12(4-6-13)16(19)20)8-2-9-23-15-7-10-28-11-14(15)17(24)21-18(23)25/h3-6H,2,7-11H2,1H3,(H3,19,20)(H,21,24,25). The van der Waals surface area contributed by atoms with E-state index in [0.29, 0.717) is 36.3 Å². The highest BCUT2D eigenvalue weighted by Gasteiger charge is 2.22. The van der Waals surface area contributed by atoms with Crippen molar-refractivity contribution in [1.82, 2.24) is 13.9 Å². The molecule has 29 heavy (non-hydrogen) atoms. The van der Waals surface area contributed by atoms with Gasteiger partial charge >= 0.3 is 5.69 Å². The van der Waals surface area contributed by atoms with Crippen LogP contribution in [0.15, 0.2) is 38.8 Å². The third-order valence-corrected chi connectivity index (χ3v) is 7.73. The van der Waals surface area contributed by atoms with Crippen LogP contribution in [0.1, 0.15) is 23.2 Å². The highest BCUT2D eigenvalue weighted by molar-refractivity contribution is 7.98. The Morgan fingerprint density at radius 1 is 1.31 bits per heavy atom. The third kappa shape index (κ3) is 4.46. The Hall–Kier alpha value is -2.37. The van der Waals surface area contributed by atoms with Crippen LogP contribution in [0.3, 0.4) is 0 Å². The minimum atomic E-state index is -3.70. The summed E-state index contributed by atoms with van der Waals surface area (Å²) in [6.45, 7) is 0.539. The van der Waals surface area contributed by atoms with Crippen molar-refractivity contribution in [3.8, 4) is 0 Å². The Labute approximate surface area is 172 Å².